The molecule has 1 fully saturated rings. The fourth-order valence-electron chi connectivity index (χ4n) is 2.81. The molecule has 3 unspecified atom stereocenters. The molecule has 2 heteroatoms. The summed E-state index contributed by atoms with van der Waals surface area (Å²) in [5.41, 5.74) is 0.930. The predicted molar refractivity (Wildman–Crippen MR) is 45.5 cm³/mol. The van der Waals surface area contributed by atoms with Crippen molar-refractivity contribution in [1.29, 1.82) is 0 Å². The number of rotatable bonds is 1. The molecule has 1 N–H and O–H groups in total. The third kappa shape index (κ3) is 0.712. The maximum atomic E-state index is 10.6. The van der Waals surface area contributed by atoms with E-state index in [1.165, 1.54) is 0 Å². The van der Waals surface area contributed by atoms with E-state index in [1.807, 2.05) is 6.08 Å². The van der Waals surface area contributed by atoms with Crippen molar-refractivity contribution in [2.45, 2.75) is 26.4 Å². The third-order valence-corrected chi connectivity index (χ3v) is 3.61. The molecule has 0 amide bonds. The lowest BCUT2D eigenvalue weighted by Gasteiger charge is -2.59. The predicted octanol–water partition coefficient (Wildman–Crippen LogP) is 1.15. The molecule has 12 heavy (non-hydrogen) atoms. The zero-order valence-electron chi connectivity index (χ0n) is 7.45. The minimum Gasteiger partial charge on any atom is -0.392 e. The number of aliphatic hydroxyl groups is 1. The number of fused-ring (bicyclic) bond motifs is 1. The average Bonchev–Trinajstić information content (AvgIpc) is 2.04. The molecular formula is C10H14O2. The van der Waals surface area contributed by atoms with E-state index in [1.54, 1.807) is 0 Å². The van der Waals surface area contributed by atoms with Gasteiger partial charge in [0, 0.05) is 5.92 Å². The molecule has 0 aromatic rings. The van der Waals surface area contributed by atoms with E-state index in [4.69, 9.17) is 0 Å². The molecule has 3 aliphatic rings. The van der Waals surface area contributed by atoms with Crippen molar-refractivity contribution in [2.24, 2.45) is 17.3 Å². The second-order valence-electron chi connectivity index (χ2n) is 4.45. The van der Waals surface area contributed by atoms with Crippen LogP contribution in [0.5, 0.6) is 0 Å². The van der Waals surface area contributed by atoms with Crippen molar-refractivity contribution in [3.05, 3.63) is 11.6 Å². The Kier molecular flexibility index (Phi) is 1.46. The van der Waals surface area contributed by atoms with Crippen molar-refractivity contribution in [2.75, 3.05) is 0 Å². The Balaban J connectivity index is 2.35. The molecule has 0 saturated heterocycles. The second-order valence-corrected chi connectivity index (χ2v) is 4.45. The molecular weight excluding hydrogens is 152 g/mol. The van der Waals surface area contributed by atoms with Crippen LogP contribution in [0.2, 0.25) is 0 Å². The summed E-state index contributed by atoms with van der Waals surface area (Å²) in [7, 11) is 0. The summed E-state index contributed by atoms with van der Waals surface area (Å²) in [6.07, 6.45) is 3.45. The van der Waals surface area contributed by atoms with Gasteiger partial charge in [-0.25, -0.2) is 0 Å². The van der Waals surface area contributed by atoms with E-state index >= 15 is 0 Å². The lowest BCUT2D eigenvalue weighted by Crippen LogP contribution is -2.60. The van der Waals surface area contributed by atoms with Crippen LogP contribution in [0.3, 0.4) is 0 Å². The number of aldehydes is 1. The Morgan fingerprint density at radius 1 is 1.67 bits per heavy atom. The van der Waals surface area contributed by atoms with E-state index < -0.39 is 0 Å². The van der Waals surface area contributed by atoms with Gasteiger partial charge in [-0.15, -0.1) is 0 Å². The quantitative estimate of drug-likeness (QED) is 0.593. The number of hydrogen-bond acceptors (Lipinski definition) is 2. The summed E-state index contributed by atoms with van der Waals surface area (Å²) in [6.45, 7) is 4.26. The van der Waals surface area contributed by atoms with Gasteiger partial charge in [-0.05, 0) is 23.3 Å². The number of carbonyl (C=O) groups is 1. The smallest absolute Gasteiger partial charge is 0.146 e. The van der Waals surface area contributed by atoms with Gasteiger partial charge in [-0.3, -0.25) is 4.79 Å². The first kappa shape index (κ1) is 7.99. The highest BCUT2D eigenvalue weighted by atomic mass is 16.3. The van der Waals surface area contributed by atoms with E-state index in [-0.39, 0.29) is 17.4 Å². The van der Waals surface area contributed by atoms with Crippen molar-refractivity contribution >= 4 is 6.29 Å². The largest absolute Gasteiger partial charge is 0.392 e. The molecule has 66 valence electrons. The van der Waals surface area contributed by atoms with E-state index in [9.17, 15) is 9.90 Å². The summed E-state index contributed by atoms with van der Waals surface area (Å²) >= 11 is 0. The highest BCUT2D eigenvalue weighted by Crippen LogP contribution is 2.58. The van der Waals surface area contributed by atoms with Crippen LogP contribution in [-0.4, -0.2) is 17.5 Å². The molecule has 2 bridgehead atoms. The highest BCUT2D eigenvalue weighted by molar-refractivity contribution is 5.75. The van der Waals surface area contributed by atoms with Gasteiger partial charge in [-0.2, -0.15) is 0 Å². The second kappa shape index (κ2) is 2.19. The zero-order valence-corrected chi connectivity index (χ0v) is 7.45. The summed E-state index contributed by atoms with van der Waals surface area (Å²) in [4.78, 5) is 10.6. The van der Waals surface area contributed by atoms with Gasteiger partial charge < -0.3 is 5.11 Å². The molecule has 2 nitrogen and oxygen atoms in total. The van der Waals surface area contributed by atoms with Crippen LogP contribution in [0.25, 0.3) is 0 Å². The Morgan fingerprint density at radius 3 is 2.67 bits per heavy atom. The van der Waals surface area contributed by atoms with Gasteiger partial charge in [0.2, 0.25) is 0 Å². The van der Waals surface area contributed by atoms with Crippen LogP contribution in [0.15, 0.2) is 11.6 Å². The first-order valence-electron chi connectivity index (χ1n) is 4.42. The number of hydrogen-bond donors (Lipinski definition) is 1. The minimum atomic E-state index is -0.273. The fourth-order valence-corrected chi connectivity index (χ4v) is 2.81. The van der Waals surface area contributed by atoms with Gasteiger partial charge in [0.15, 0.2) is 0 Å². The molecule has 0 aliphatic heterocycles. The van der Waals surface area contributed by atoms with Gasteiger partial charge in [-0.1, -0.05) is 19.9 Å². The molecule has 3 aliphatic carbocycles. The van der Waals surface area contributed by atoms with Crippen LogP contribution < -0.4 is 0 Å². The van der Waals surface area contributed by atoms with Crippen LogP contribution in [0.4, 0.5) is 0 Å². The molecule has 0 spiro atoms. The Labute approximate surface area is 72.3 Å². The fraction of sp³-hybridized carbons (Fsp3) is 0.700. The Morgan fingerprint density at radius 2 is 2.33 bits per heavy atom. The summed E-state index contributed by atoms with van der Waals surface area (Å²) in [6, 6.07) is 0. The van der Waals surface area contributed by atoms with Gasteiger partial charge in [0.05, 0.1) is 6.10 Å². The molecule has 0 heterocycles. The molecule has 0 aromatic heterocycles. The first-order valence-corrected chi connectivity index (χ1v) is 4.42. The monoisotopic (exact) mass is 166 g/mol. The SMILES string of the molecule is CC1(C)C2CC=C(C=O)C1C2O. The average molecular weight is 166 g/mol. The maximum absolute atomic E-state index is 10.6. The normalized spacial score (nSPS) is 42.9. The van der Waals surface area contributed by atoms with Crippen LogP contribution >= 0.6 is 0 Å². The first-order chi connectivity index (χ1) is 5.59. The summed E-state index contributed by atoms with van der Waals surface area (Å²) in [5, 5.41) is 9.66. The van der Waals surface area contributed by atoms with Crippen LogP contribution in [-0.2, 0) is 4.79 Å². The van der Waals surface area contributed by atoms with Crippen molar-refractivity contribution < 1.29 is 9.90 Å². The Bertz CT molecular complexity index is 253. The molecule has 0 radical (unpaired) electrons. The molecule has 3 rings (SSSR count). The number of allylic oxidation sites excluding steroid dienone is 1. The molecule has 3 atom stereocenters. The standard InChI is InChI=1S/C10H14O2/c1-10(2)7-4-3-6(5-11)8(10)9(7)12/h3,5,7-9,12H,4H2,1-2H3. The van der Waals surface area contributed by atoms with Gasteiger partial charge in [0.1, 0.15) is 6.29 Å². The number of aliphatic hydroxyl groups excluding tert-OH is 1. The van der Waals surface area contributed by atoms with Gasteiger partial charge >= 0.3 is 0 Å². The summed E-state index contributed by atoms with van der Waals surface area (Å²) in [5.74, 6) is 0.458. The topological polar surface area (TPSA) is 37.3 Å². The summed E-state index contributed by atoms with van der Waals surface area (Å²) < 4.78 is 0. The highest BCUT2D eigenvalue weighted by Gasteiger charge is 2.58. The molecule has 0 aromatic carbocycles. The van der Waals surface area contributed by atoms with Crippen molar-refractivity contribution in [1.82, 2.24) is 0 Å². The lowest BCUT2D eigenvalue weighted by atomic mass is 9.47. The van der Waals surface area contributed by atoms with Crippen molar-refractivity contribution in [3.8, 4) is 0 Å². The third-order valence-electron chi connectivity index (χ3n) is 3.61. The molecule has 1 saturated carbocycles. The zero-order chi connectivity index (χ0) is 8.93. The Hall–Kier alpha value is -0.630. The van der Waals surface area contributed by atoms with Crippen molar-refractivity contribution in [3.63, 3.8) is 0 Å². The lowest BCUT2D eigenvalue weighted by molar-refractivity contribution is -0.148. The number of carbonyl (C=O) groups excluding carboxylic acids is 1. The van der Waals surface area contributed by atoms with E-state index in [0.717, 1.165) is 18.3 Å². The maximum Gasteiger partial charge on any atom is 0.146 e. The van der Waals surface area contributed by atoms with E-state index in [0.29, 0.717) is 5.92 Å². The van der Waals surface area contributed by atoms with Crippen LogP contribution in [0, 0.1) is 17.3 Å². The van der Waals surface area contributed by atoms with E-state index in [2.05, 4.69) is 13.8 Å². The van der Waals surface area contributed by atoms with Crippen LogP contribution in [0.1, 0.15) is 20.3 Å². The van der Waals surface area contributed by atoms with Gasteiger partial charge in [0.25, 0.3) is 0 Å². The minimum absolute atomic E-state index is 0.0914.